The van der Waals surface area contributed by atoms with E-state index in [-0.39, 0.29) is 5.82 Å². The summed E-state index contributed by atoms with van der Waals surface area (Å²) in [6.45, 7) is 5.69. The van der Waals surface area contributed by atoms with Gasteiger partial charge >= 0.3 is 0 Å². The fraction of sp³-hybridized carbons (Fsp3) is 0.250. The van der Waals surface area contributed by atoms with Crippen LogP contribution in [0.25, 0.3) is 11.1 Å². The second-order valence-corrected chi connectivity index (χ2v) is 4.96. The highest BCUT2D eigenvalue weighted by molar-refractivity contribution is 6.33. The van der Waals surface area contributed by atoms with E-state index in [9.17, 15) is 4.39 Å². The number of hydrogen-bond acceptors (Lipinski definition) is 1. The zero-order valence-electron chi connectivity index (χ0n) is 11.1. The van der Waals surface area contributed by atoms with E-state index < -0.39 is 0 Å². The molecule has 2 aromatic rings. The zero-order chi connectivity index (χ0) is 13.8. The summed E-state index contributed by atoms with van der Waals surface area (Å²) in [5.74, 6) is -0.221. The molecular weight excluding hydrogens is 261 g/mol. The highest BCUT2D eigenvalue weighted by Gasteiger charge is 2.08. The molecule has 0 aromatic heterocycles. The van der Waals surface area contributed by atoms with Gasteiger partial charge in [0.25, 0.3) is 0 Å². The van der Waals surface area contributed by atoms with Crippen molar-refractivity contribution in [3.63, 3.8) is 0 Å². The minimum absolute atomic E-state index is 0.221. The number of rotatable bonds is 4. The Bertz CT molecular complexity index is 581. The molecule has 0 aliphatic rings. The molecule has 0 spiro atoms. The summed E-state index contributed by atoms with van der Waals surface area (Å²) < 4.78 is 13.1. The molecule has 0 aliphatic heterocycles. The number of benzene rings is 2. The van der Waals surface area contributed by atoms with Crippen molar-refractivity contribution in [2.75, 3.05) is 6.54 Å². The van der Waals surface area contributed by atoms with E-state index in [1.54, 1.807) is 6.07 Å². The average molecular weight is 278 g/mol. The molecule has 2 rings (SSSR count). The fourth-order valence-electron chi connectivity index (χ4n) is 2.09. The molecule has 0 saturated carbocycles. The van der Waals surface area contributed by atoms with Gasteiger partial charge in [0.1, 0.15) is 5.82 Å². The van der Waals surface area contributed by atoms with Crippen LogP contribution in [0.4, 0.5) is 4.39 Å². The molecule has 0 fully saturated rings. The average Bonchev–Trinajstić information content (AvgIpc) is 2.37. The van der Waals surface area contributed by atoms with Crippen molar-refractivity contribution in [2.45, 2.75) is 20.4 Å². The molecule has 1 nitrogen and oxygen atoms in total. The molecule has 0 saturated heterocycles. The van der Waals surface area contributed by atoms with Gasteiger partial charge in [0.2, 0.25) is 0 Å². The fourth-order valence-corrected chi connectivity index (χ4v) is 2.39. The molecule has 0 bridgehead atoms. The Morgan fingerprint density at radius 3 is 2.47 bits per heavy atom. The Labute approximate surface area is 118 Å². The first kappa shape index (κ1) is 14.0. The highest BCUT2D eigenvalue weighted by Crippen LogP contribution is 2.31. The number of nitrogens with one attached hydrogen (secondary N) is 1. The maximum absolute atomic E-state index is 13.1. The number of halogens is 2. The Balaban J connectivity index is 2.35. The molecule has 19 heavy (non-hydrogen) atoms. The van der Waals surface area contributed by atoms with Crippen LogP contribution in [0, 0.1) is 12.7 Å². The van der Waals surface area contributed by atoms with Gasteiger partial charge in [0.05, 0.1) is 0 Å². The molecule has 0 heterocycles. The first-order chi connectivity index (χ1) is 9.11. The van der Waals surface area contributed by atoms with Crippen molar-refractivity contribution in [1.29, 1.82) is 0 Å². The van der Waals surface area contributed by atoms with Crippen LogP contribution < -0.4 is 5.32 Å². The van der Waals surface area contributed by atoms with Gasteiger partial charge in [-0.1, -0.05) is 36.7 Å². The smallest absolute Gasteiger partial charge is 0.123 e. The van der Waals surface area contributed by atoms with Crippen LogP contribution in [0.1, 0.15) is 18.1 Å². The molecular formula is C16H17ClFN. The molecule has 2 aromatic carbocycles. The van der Waals surface area contributed by atoms with Crippen LogP contribution in [0.3, 0.4) is 0 Å². The Morgan fingerprint density at radius 1 is 1.11 bits per heavy atom. The summed E-state index contributed by atoms with van der Waals surface area (Å²) in [5.41, 5.74) is 3.96. The summed E-state index contributed by atoms with van der Waals surface area (Å²) in [7, 11) is 0. The molecule has 1 N–H and O–H groups in total. The molecule has 0 aliphatic carbocycles. The van der Waals surface area contributed by atoms with Gasteiger partial charge in [-0.2, -0.15) is 0 Å². The largest absolute Gasteiger partial charge is 0.313 e. The predicted molar refractivity (Wildman–Crippen MR) is 79.0 cm³/mol. The molecule has 3 heteroatoms. The molecule has 0 atom stereocenters. The normalized spacial score (nSPS) is 10.7. The van der Waals surface area contributed by atoms with Gasteiger partial charge in [-0.15, -0.1) is 0 Å². The standard InChI is InChI=1S/C16H17ClFN/c1-3-19-10-12-4-6-15(16(17)9-12)14-7-5-13(18)8-11(14)2/h4-9,19H,3,10H2,1-2H3. The Kier molecular flexibility index (Phi) is 4.56. The Morgan fingerprint density at radius 2 is 1.84 bits per heavy atom. The third-order valence-corrected chi connectivity index (χ3v) is 3.40. The summed E-state index contributed by atoms with van der Waals surface area (Å²) in [5, 5.41) is 3.96. The zero-order valence-corrected chi connectivity index (χ0v) is 11.9. The molecule has 0 radical (unpaired) electrons. The van der Waals surface area contributed by atoms with Gasteiger partial charge < -0.3 is 5.32 Å². The van der Waals surface area contributed by atoms with Crippen molar-refractivity contribution >= 4 is 11.6 Å². The van der Waals surface area contributed by atoms with Crippen molar-refractivity contribution in [1.82, 2.24) is 5.32 Å². The third-order valence-electron chi connectivity index (χ3n) is 3.09. The minimum Gasteiger partial charge on any atom is -0.313 e. The van der Waals surface area contributed by atoms with Crippen molar-refractivity contribution in [3.05, 3.63) is 58.4 Å². The van der Waals surface area contributed by atoms with Crippen LogP contribution in [0.15, 0.2) is 36.4 Å². The van der Waals surface area contributed by atoms with Gasteiger partial charge in [-0.05, 0) is 48.4 Å². The van der Waals surface area contributed by atoms with E-state index in [4.69, 9.17) is 11.6 Å². The second kappa shape index (κ2) is 6.18. The van der Waals surface area contributed by atoms with Gasteiger partial charge in [0.15, 0.2) is 0 Å². The monoisotopic (exact) mass is 277 g/mol. The van der Waals surface area contributed by atoms with Gasteiger partial charge in [-0.25, -0.2) is 4.39 Å². The van der Waals surface area contributed by atoms with Gasteiger partial charge in [-0.3, -0.25) is 0 Å². The molecule has 100 valence electrons. The third kappa shape index (κ3) is 3.34. The van der Waals surface area contributed by atoms with Crippen LogP contribution in [-0.4, -0.2) is 6.54 Å². The molecule has 0 unspecified atom stereocenters. The topological polar surface area (TPSA) is 12.0 Å². The van der Waals surface area contributed by atoms with Crippen molar-refractivity contribution in [2.24, 2.45) is 0 Å². The summed E-state index contributed by atoms with van der Waals surface area (Å²) >= 11 is 6.33. The van der Waals surface area contributed by atoms with Crippen LogP contribution >= 0.6 is 11.6 Å². The lowest BCUT2D eigenvalue weighted by Gasteiger charge is -2.10. The summed E-state index contributed by atoms with van der Waals surface area (Å²) in [6, 6.07) is 10.8. The molecule has 0 amide bonds. The minimum atomic E-state index is -0.221. The lowest BCUT2D eigenvalue weighted by Crippen LogP contribution is -2.11. The maximum atomic E-state index is 13.1. The predicted octanol–water partition coefficient (Wildman–Crippen LogP) is 4.56. The van der Waals surface area contributed by atoms with E-state index in [2.05, 4.69) is 12.2 Å². The first-order valence-corrected chi connectivity index (χ1v) is 6.75. The van der Waals surface area contributed by atoms with Crippen LogP contribution in [0.2, 0.25) is 5.02 Å². The van der Waals surface area contributed by atoms with Crippen LogP contribution in [-0.2, 0) is 6.54 Å². The van der Waals surface area contributed by atoms with Crippen molar-refractivity contribution in [3.8, 4) is 11.1 Å². The van der Waals surface area contributed by atoms with Gasteiger partial charge in [0, 0.05) is 17.1 Å². The SMILES string of the molecule is CCNCc1ccc(-c2ccc(F)cc2C)c(Cl)c1. The van der Waals surface area contributed by atoms with E-state index in [0.717, 1.165) is 35.3 Å². The van der Waals surface area contributed by atoms with E-state index >= 15 is 0 Å². The second-order valence-electron chi connectivity index (χ2n) is 4.55. The lowest BCUT2D eigenvalue weighted by molar-refractivity contribution is 0.627. The maximum Gasteiger partial charge on any atom is 0.123 e. The summed E-state index contributed by atoms with van der Waals surface area (Å²) in [6.07, 6.45) is 0. The highest BCUT2D eigenvalue weighted by atomic mass is 35.5. The number of hydrogen-bond donors (Lipinski definition) is 1. The van der Waals surface area contributed by atoms with E-state index in [0.29, 0.717) is 5.02 Å². The van der Waals surface area contributed by atoms with Crippen molar-refractivity contribution < 1.29 is 4.39 Å². The number of aryl methyl sites for hydroxylation is 1. The quantitative estimate of drug-likeness (QED) is 0.864. The lowest BCUT2D eigenvalue weighted by atomic mass is 9.99. The van der Waals surface area contributed by atoms with E-state index in [1.165, 1.54) is 12.1 Å². The first-order valence-electron chi connectivity index (χ1n) is 6.37. The summed E-state index contributed by atoms with van der Waals surface area (Å²) in [4.78, 5) is 0. The van der Waals surface area contributed by atoms with Crippen LogP contribution in [0.5, 0.6) is 0 Å². The van der Waals surface area contributed by atoms with E-state index in [1.807, 2.05) is 25.1 Å². The Hall–Kier alpha value is -1.38.